The molecule has 1 fully saturated rings. The maximum Gasteiger partial charge on any atom is 0.405 e. The maximum atomic E-state index is 10.0. The van der Waals surface area contributed by atoms with Crippen molar-refractivity contribution in [2.24, 2.45) is 17.6 Å². The summed E-state index contributed by atoms with van der Waals surface area (Å²) >= 11 is 6.49. The van der Waals surface area contributed by atoms with E-state index in [1.807, 2.05) is 24.4 Å². The van der Waals surface area contributed by atoms with E-state index >= 15 is 0 Å². The predicted octanol–water partition coefficient (Wildman–Crippen LogP) is 6.93. The normalized spacial score (nSPS) is 16.5. The average Bonchev–Trinajstić information content (AvgIpc) is 2.77. The van der Waals surface area contributed by atoms with Gasteiger partial charge in [0.05, 0.1) is 24.3 Å². The van der Waals surface area contributed by atoms with Crippen molar-refractivity contribution in [3.05, 3.63) is 41.6 Å². The Morgan fingerprint density at radius 2 is 1.94 bits per heavy atom. The second-order valence-electron chi connectivity index (χ2n) is 10.7. The molecule has 2 unspecified atom stereocenters. The lowest BCUT2D eigenvalue weighted by Crippen LogP contribution is -2.30. The highest BCUT2D eigenvalue weighted by Crippen LogP contribution is 2.31. The molecule has 1 aromatic carbocycles. The number of nitrogens with two attached hydrogens (primary N) is 1. The molecule has 2 atom stereocenters. The highest BCUT2D eigenvalue weighted by atomic mass is 35.5. The van der Waals surface area contributed by atoms with Crippen molar-refractivity contribution < 1.29 is 19.0 Å². The SMILES string of the molecule is CC(C)(C)OC(N)=O.CC(C)CC(C)COc1ccc(-c2ccnc(NC3CCCOC3)c2)cc1Cl. The Kier molecular flexibility index (Phi) is 11.8. The number of rotatable bonds is 8. The fourth-order valence-corrected chi connectivity index (χ4v) is 4.19. The molecular weight excluding hydrogens is 478 g/mol. The van der Waals surface area contributed by atoms with Gasteiger partial charge in [0.15, 0.2) is 0 Å². The molecule has 3 N–H and O–H groups in total. The van der Waals surface area contributed by atoms with Gasteiger partial charge in [-0.3, -0.25) is 0 Å². The van der Waals surface area contributed by atoms with Crippen molar-refractivity contribution in [3.8, 4) is 16.9 Å². The van der Waals surface area contributed by atoms with E-state index in [-0.39, 0.29) is 0 Å². The number of carbonyl (C=O) groups excluding carboxylic acids is 1. The molecule has 0 bridgehead atoms. The Bertz CT molecular complexity index is 956. The number of primary amides is 1. The van der Waals surface area contributed by atoms with Crippen LogP contribution in [0.15, 0.2) is 36.5 Å². The molecule has 1 aliphatic rings. The molecule has 7 nitrogen and oxygen atoms in total. The molecule has 0 radical (unpaired) electrons. The fraction of sp³-hybridized carbons (Fsp3) is 0.571. The van der Waals surface area contributed by atoms with E-state index in [1.165, 1.54) is 0 Å². The quantitative estimate of drug-likeness (QED) is 0.392. The van der Waals surface area contributed by atoms with Crippen molar-refractivity contribution in [1.82, 2.24) is 4.98 Å². The number of hydrogen-bond acceptors (Lipinski definition) is 6. The smallest absolute Gasteiger partial charge is 0.405 e. The molecule has 0 aliphatic carbocycles. The number of ether oxygens (including phenoxy) is 3. The lowest BCUT2D eigenvalue weighted by Gasteiger charge is -2.23. The lowest BCUT2D eigenvalue weighted by atomic mass is 10.00. The van der Waals surface area contributed by atoms with Crippen LogP contribution in [0.3, 0.4) is 0 Å². The largest absolute Gasteiger partial charge is 0.492 e. The molecule has 36 heavy (non-hydrogen) atoms. The second-order valence-corrected chi connectivity index (χ2v) is 11.1. The number of halogens is 1. The second kappa shape index (κ2) is 14.3. The van der Waals surface area contributed by atoms with Crippen LogP contribution in [0.2, 0.25) is 5.02 Å². The number of pyridine rings is 1. The minimum Gasteiger partial charge on any atom is -0.492 e. The predicted molar refractivity (Wildman–Crippen MR) is 147 cm³/mol. The Balaban J connectivity index is 0.000000493. The van der Waals surface area contributed by atoms with E-state index in [0.29, 0.717) is 29.5 Å². The summed E-state index contributed by atoms with van der Waals surface area (Å²) in [4.78, 5) is 14.5. The molecule has 2 aromatic rings. The van der Waals surface area contributed by atoms with Gasteiger partial charge in [0.25, 0.3) is 0 Å². The third-order valence-corrected chi connectivity index (χ3v) is 5.64. The number of nitrogens with zero attached hydrogens (tertiary/aromatic N) is 1. The first-order valence-electron chi connectivity index (χ1n) is 12.6. The van der Waals surface area contributed by atoms with Crippen molar-refractivity contribution in [2.45, 2.75) is 72.4 Å². The van der Waals surface area contributed by atoms with Gasteiger partial charge in [-0.05, 0) is 87.3 Å². The monoisotopic (exact) mass is 519 g/mol. The van der Waals surface area contributed by atoms with E-state index in [2.05, 4.69) is 47.9 Å². The minimum absolute atomic E-state index is 0.323. The van der Waals surface area contributed by atoms with E-state index in [9.17, 15) is 4.79 Å². The van der Waals surface area contributed by atoms with Gasteiger partial charge in [-0.1, -0.05) is 38.4 Å². The topological polar surface area (TPSA) is 95.7 Å². The van der Waals surface area contributed by atoms with E-state index in [0.717, 1.165) is 55.2 Å². The zero-order valence-corrected chi connectivity index (χ0v) is 23.2. The van der Waals surface area contributed by atoms with Crippen LogP contribution in [0.25, 0.3) is 11.1 Å². The van der Waals surface area contributed by atoms with Crippen LogP contribution in [0.5, 0.6) is 5.75 Å². The van der Waals surface area contributed by atoms with Gasteiger partial charge >= 0.3 is 6.09 Å². The Morgan fingerprint density at radius 1 is 1.22 bits per heavy atom. The Hall–Kier alpha value is -2.51. The maximum absolute atomic E-state index is 10.0. The molecule has 0 spiro atoms. The average molecular weight is 520 g/mol. The zero-order chi connectivity index (χ0) is 26.7. The van der Waals surface area contributed by atoms with Crippen molar-refractivity contribution in [2.75, 3.05) is 25.1 Å². The van der Waals surface area contributed by atoms with Crippen LogP contribution < -0.4 is 15.8 Å². The summed E-state index contributed by atoms with van der Waals surface area (Å²) in [6.45, 7) is 14.2. The Labute approximate surface area is 221 Å². The summed E-state index contributed by atoms with van der Waals surface area (Å²) < 4.78 is 16.1. The molecular formula is C28H42ClN3O4. The number of nitrogens with one attached hydrogen (secondary N) is 1. The molecule has 1 saturated heterocycles. The summed E-state index contributed by atoms with van der Waals surface area (Å²) in [5.74, 6) is 2.79. The fourth-order valence-electron chi connectivity index (χ4n) is 3.96. The molecule has 0 saturated carbocycles. The molecule has 8 heteroatoms. The molecule has 1 aromatic heterocycles. The molecule has 1 amide bonds. The highest BCUT2D eigenvalue weighted by Gasteiger charge is 2.15. The third-order valence-electron chi connectivity index (χ3n) is 5.34. The summed E-state index contributed by atoms with van der Waals surface area (Å²) in [7, 11) is 0. The lowest BCUT2D eigenvalue weighted by molar-refractivity contribution is 0.0600. The van der Waals surface area contributed by atoms with Crippen LogP contribution in [0.4, 0.5) is 10.6 Å². The number of amides is 1. The molecule has 1 aliphatic heterocycles. The third kappa shape index (κ3) is 11.5. The van der Waals surface area contributed by atoms with Gasteiger partial charge in [-0.2, -0.15) is 0 Å². The van der Waals surface area contributed by atoms with E-state index in [1.54, 1.807) is 20.8 Å². The number of hydrogen-bond donors (Lipinski definition) is 2. The van der Waals surface area contributed by atoms with Crippen molar-refractivity contribution >= 4 is 23.5 Å². The summed E-state index contributed by atoms with van der Waals surface area (Å²) in [6, 6.07) is 10.4. The first-order chi connectivity index (χ1) is 16.9. The Morgan fingerprint density at radius 3 is 2.50 bits per heavy atom. The molecule has 3 rings (SSSR count). The van der Waals surface area contributed by atoms with Crippen LogP contribution in [-0.2, 0) is 9.47 Å². The molecule has 2 heterocycles. The first-order valence-corrected chi connectivity index (χ1v) is 13.0. The highest BCUT2D eigenvalue weighted by molar-refractivity contribution is 6.32. The summed E-state index contributed by atoms with van der Waals surface area (Å²) in [5, 5.41) is 4.11. The first kappa shape index (κ1) is 29.7. The number of anilines is 1. The summed E-state index contributed by atoms with van der Waals surface area (Å²) in [6.07, 6.45) is 4.45. The standard InChI is InChI=1S/C23H31ClN2O2.C5H11NO2/c1-16(2)11-17(3)14-28-22-7-6-18(12-21(22)24)19-8-9-25-23(13-19)26-20-5-4-10-27-15-20;1-5(2,3)8-4(6)7/h6-9,12-13,16-17,20H,4-5,10-11,14-15H2,1-3H3,(H,25,26);1-3H3,(H2,6,7). The van der Waals surface area contributed by atoms with Crippen LogP contribution in [0, 0.1) is 11.8 Å². The minimum atomic E-state index is -0.725. The van der Waals surface area contributed by atoms with E-state index in [4.69, 9.17) is 26.8 Å². The van der Waals surface area contributed by atoms with Gasteiger partial charge in [0.2, 0.25) is 0 Å². The van der Waals surface area contributed by atoms with Crippen molar-refractivity contribution in [3.63, 3.8) is 0 Å². The van der Waals surface area contributed by atoms with Crippen LogP contribution >= 0.6 is 11.6 Å². The molecule has 200 valence electrons. The number of benzene rings is 1. The number of carbonyl (C=O) groups is 1. The summed E-state index contributed by atoms with van der Waals surface area (Å²) in [5.41, 5.74) is 6.40. The van der Waals surface area contributed by atoms with Gasteiger partial charge in [0, 0.05) is 12.8 Å². The van der Waals surface area contributed by atoms with Gasteiger partial charge in [-0.25, -0.2) is 9.78 Å². The van der Waals surface area contributed by atoms with Gasteiger partial charge in [0.1, 0.15) is 17.2 Å². The van der Waals surface area contributed by atoms with Crippen LogP contribution in [-0.4, -0.2) is 42.5 Å². The zero-order valence-electron chi connectivity index (χ0n) is 22.5. The van der Waals surface area contributed by atoms with Gasteiger partial charge < -0.3 is 25.3 Å². The van der Waals surface area contributed by atoms with Gasteiger partial charge in [-0.15, -0.1) is 0 Å². The van der Waals surface area contributed by atoms with Crippen molar-refractivity contribution in [1.29, 1.82) is 0 Å². The van der Waals surface area contributed by atoms with Crippen LogP contribution in [0.1, 0.15) is 60.8 Å². The number of aromatic nitrogens is 1. The van der Waals surface area contributed by atoms with E-state index < -0.39 is 11.7 Å².